The topological polar surface area (TPSA) is 93.4 Å². The van der Waals surface area contributed by atoms with Crippen LogP contribution in [0.4, 0.5) is 0 Å². The van der Waals surface area contributed by atoms with Crippen LogP contribution < -0.4 is 0 Å². The molecule has 92 valence electrons. The van der Waals surface area contributed by atoms with Gasteiger partial charge in [0.05, 0.1) is 5.56 Å². The van der Waals surface area contributed by atoms with Gasteiger partial charge in [0.2, 0.25) is 11.6 Å². The van der Waals surface area contributed by atoms with E-state index in [0.717, 1.165) is 0 Å². The summed E-state index contributed by atoms with van der Waals surface area (Å²) in [6.07, 6.45) is 4.90. The number of aromatic nitrogens is 5. The van der Waals surface area contributed by atoms with Crippen molar-refractivity contribution in [1.29, 1.82) is 5.26 Å². The van der Waals surface area contributed by atoms with Crippen LogP contribution in [0.3, 0.4) is 0 Å². The molecule has 3 heterocycles. The van der Waals surface area contributed by atoms with Gasteiger partial charge in [0.15, 0.2) is 0 Å². The van der Waals surface area contributed by atoms with E-state index in [1.165, 1.54) is 0 Å². The van der Waals surface area contributed by atoms with Gasteiger partial charge in [-0.3, -0.25) is 0 Å². The predicted octanol–water partition coefficient (Wildman–Crippen LogP) is 1.40. The highest BCUT2D eigenvalue weighted by Gasteiger charge is 2.15. The zero-order valence-corrected chi connectivity index (χ0v) is 9.98. The van der Waals surface area contributed by atoms with Crippen molar-refractivity contribution >= 4 is 0 Å². The summed E-state index contributed by atoms with van der Waals surface area (Å²) in [7, 11) is 1.80. The Hall–Kier alpha value is -3.01. The van der Waals surface area contributed by atoms with Crippen LogP contribution >= 0.6 is 0 Å². The van der Waals surface area contributed by atoms with Gasteiger partial charge in [-0.15, -0.1) is 0 Å². The maximum Gasteiger partial charge on any atom is 0.274 e. The molecule has 19 heavy (non-hydrogen) atoms. The molecule has 3 aromatic rings. The molecule has 0 unspecified atom stereocenters. The number of hydrogen-bond donors (Lipinski definition) is 0. The standard InChI is InChI=1S/C12H8N6O/c1-18-7-8(6-13)5-9(18)12-16-11(17-19-12)10-14-3-2-4-15-10/h2-5,7H,1H3. The number of aryl methyl sites for hydroxylation is 1. The van der Waals surface area contributed by atoms with E-state index in [2.05, 4.69) is 26.2 Å². The molecule has 0 aliphatic carbocycles. The summed E-state index contributed by atoms with van der Waals surface area (Å²) < 4.78 is 6.92. The first-order valence-corrected chi connectivity index (χ1v) is 5.46. The van der Waals surface area contributed by atoms with Gasteiger partial charge in [-0.05, 0) is 12.1 Å². The monoisotopic (exact) mass is 252 g/mol. The van der Waals surface area contributed by atoms with Crippen molar-refractivity contribution in [2.24, 2.45) is 7.05 Å². The largest absolute Gasteiger partial charge is 0.345 e. The first-order valence-electron chi connectivity index (χ1n) is 5.46. The Labute approximate surface area is 108 Å². The van der Waals surface area contributed by atoms with Gasteiger partial charge in [-0.1, -0.05) is 5.16 Å². The Morgan fingerprint density at radius 2 is 2.05 bits per heavy atom. The van der Waals surface area contributed by atoms with Crippen LogP contribution in [0, 0.1) is 11.3 Å². The van der Waals surface area contributed by atoms with E-state index in [9.17, 15) is 0 Å². The van der Waals surface area contributed by atoms with Crippen LogP contribution in [0.2, 0.25) is 0 Å². The molecule has 0 aliphatic rings. The first kappa shape index (κ1) is 11.1. The van der Waals surface area contributed by atoms with Crippen LogP contribution in [0.25, 0.3) is 23.2 Å². The minimum absolute atomic E-state index is 0.315. The highest BCUT2D eigenvalue weighted by molar-refractivity contribution is 5.55. The van der Waals surface area contributed by atoms with Crippen LogP contribution in [-0.4, -0.2) is 24.7 Å². The second kappa shape index (κ2) is 4.34. The fraction of sp³-hybridized carbons (Fsp3) is 0.0833. The molecule has 0 atom stereocenters. The van der Waals surface area contributed by atoms with E-state index in [-0.39, 0.29) is 0 Å². The smallest absolute Gasteiger partial charge is 0.274 e. The lowest BCUT2D eigenvalue weighted by Gasteiger charge is -1.94. The van der Waals surface area contributed by atoms with Crippen LogP contribution in [0.15, 0.2) is 35.2 Å². The molecule has 0 radical (unpaired) electrons. The molecule has 3 rings (SSSR count). The quantitative estimate of drug-likeness (QED) is 0.684. The molecule has 0 aliphatic heterocycles. The van der Waals surface area contributed by atoms with E-state index in [1.54, 1.807) is 42.3 Å². The summed E-state index contributed by atoms with van der Waals surface area (Å²) in [5.74, 6) is 1.04. The lowest BCUT2D eigenvalue weighted by molar-refractivity contribution is 0.429. The average Bonchev–Trinajstić information content (AvgIpc) is 3.06. The summed E-state index contributed by atoms with van der Waals surface area (Å²) >= 11 is 0. The van der Waals surface area contributed by atoms with Gasteiger partial charge in [0, 0.05) is 25.6 Å². The zero-order chi connectivity index (χ0) is 13.2. The van der Waals surface area contributed by atoms with Gasteiger partial charge in [0.1, 0.15) is 11.8 Å². The third-order valence-corrected chi connectivity index (χ3v) is 2.54. The molecular formula is C12H8N6O. The number of nitriles is 1. The normalized spacial score (nSPS) is 10.3. The fourth-order valence-electron chi connectivity index (χ4n) is 1.67. The molecule has 0 amide bonds. The van der Waals surface area contributed by atoms with Crippen molar-refractivity contribution in [3.8, 4) is 29.3 Å². The molecule has 0 saturated carbocycles. The van der Waals surface area contributed by atoms with E-state index < -0.39 is 0 Å². The highest BCUT2D eigenvalue weighted by atomic mass is 16.5. The lowest BCUT2D eigenvalue weighted by Crippen LogP contribution is -1.90. The Balaban J connectivity index is 2.02. The summed E-state index contributed by atoms with van der Waals surface area (Å²) in [5.41, 5.74) is 1.21. The van der Waals surface area contributed by atoms with Gasteiger partial charge in [0.25, 0.3) is 5.89 Å². The van der Waals surface area contributed by atoms with Crippen LogP contribution in [0.5, 0.6) is 0 Å². The van der Waals surface area contributed by atoms with Crippen molar-refractivity contribution in [3.63, 3.8) is 0 Å². The van der Waals surface area contributed by atoms with E-state index in [4.69, 9.17) is 9.78 Å². The van der Waals surface area contributed by atoms with E-state index >= 15 is 0 Å². The molecule has 0 aromatic carbocycles. The van der Waals surface area contributed by atoms with E-state index in [1.807, 2.05) is 0 Å². The summed E-state index contributed by atoms with van der Waals surface area (Å²) in [6, 6.07) is 5.45. The van der Waals surface area contributed by atoms with Gasteiger partial charge < -0.3 is 9.09 Å². The van der Waals surface area contributed by atoms with Crippen molar-refractivity contribution in [3.05, 3.63) is 36.3 Å². The first-order chi connectivity index (χ1) is 9.28. The minimum Gasteiger partial charge on any atom is -0.345 e. The van der Waals surface area contributed by atoms with Crippen LogP contribution in [-0.2, 0) is 7.05 Å². The third-order valence-electron chi connectivity index (χ3n) is 2.54. The Morgan fingerprint density at radius 3 is 2.74 bits per heavy atom. The Bertz CT molecular complexity index is 752. The molecule has 7 nitrogen and oxygen atoms in total. The summed E-state index contributed by atoms with van der Waals surface area (Å²) in [5, 5.41) is 12.7. The van der Waals surface area contributed by atoms with Crippen molar-refractivity contribution in [2.75, 3.05) is 0 Å². The molecule has 0 spiro atoms. The highest BCUT2D eigenvalue weighted by Crippen LogP contribution is 2.21. The molecule has 0 bridgehead atoms. The third kappa shape index (κ3) is 1.95. The minimum atomic E-state index is 0.315. The molecule has 0 saturated heterocycles. The van der Waals surface area contributed by atoms with Crippen LogP contribution in [0.1, 0.15) is 5.56 Å². The molecule has 0 N–H and O–H groups in total. The van der Waals surface area contributed by atoms with Gasteiger partial charge in [-0.2, -0.15) is 10.2 Å². The maximum absolute atomic E-state index is 8.86. The lowest BCUT2D eigenvalue weighted by atomic mass is 10.3. The average molecular weight is 252 g/mol. The SMILES string of the molecule is Cn1cc(C#N)cc1-c1nc(-c2ncccn2)no1. The second-order valence-corrected chi connectivity index (χ2v) is 3.83. The Morgan fingerprint density at radius 1 is 1.26 bits per heavy atom. The van der Waals surface area contributed by atoms with E-state index in [0.29, 0.717) is 28.8 Å². The zero-order valence-electron chi connectivity index (χ0n) is 9.98. The molecule has 0 fully saturated rings. The number of nitrogens with zero attached hydrogens (tertiary/aromatic N) is 6. The van der Waals surface area contributed by atoms with Crippen molar-refractivity contribution < 1.29 is 4.52 Å². The van der Waals surface area contributed by atoms with Crippen molar-refractivity contribution in [1.82, 2.24) is 24.7 Å². The predicted molar refractivity (Wildman–Crippen MR) is 64.4 cm³/mol. The molecular weight excluding hydrogens is 244 g/mol. The number of hydrogen-bond acceptors (Lipinski definition) is 6. The second-order valence-electron chi connectivity index (χ2n) is 3.83. The van der Waals surface area contributed by atoms with Gasteiger partial charge >= 0.3 is 0 Å². The fourth-order valence-corrected chi connectivity index (χ4v) is 1.67. The van der Waals surface area contributed by atoms with Crippen molar-refractivity contribution in [2.45, 2.75) is 0 Å². The molecule has 3 aromatic heterocycles. The Kier molecular flexibility index (Phi) is 2.54. The number of rotatable bonds is 2. The summed E-state index contributed by atoms with van der Waals surface area (Å²) in [6.45, 7) is 0. The maximum atomic E-state index is 8.86. The van der Waals surface area contributed by atoms with Gasteiger partial charge in [-0.25, -0.2) is 9.97 Å². The summed E-state index contributed by atoms with van der Waals surface area (Å²) in [4.78, 5) is 12.3. The molecule has 7 heteroatoms.